The molecule has 0 N–H and O–H groups in total. The third kappa shape index (κ3) is 3.42. The molecule has 1 heterocycles. The molecule has 0 bridgehead atoms. The van der Waals surface area contributed by atoms with Gasteiger partial charge in [0.2, 0.25) is 0 Å². The second-order valence-electron chi connectivity index (χ2n) is 7.39. The highest BCUT2D eigenvalue weighted by Gasteiger charge is 2.52. The van der Waals surface area contributed by atoms with E-state index in [-0.39, 0.29) is 16.9 Å². The van der Waals surface area contributed by atoms with E-state index >= 15 is 0 Å². The van der Waals surface area contributed by atoms with E-state index in [9.17, 15) is 4.79 Å². The third-order valence-electron chi connectivity index (χ3n) is 5.75. The van der Waals surface area contributed by atoms with Gasteiger partial charge >= 0.3 is 5.97 Å². The highest BCUT2D eigenvalue weighted by atomic mass is 16.5. The molecule has 1 saturated carbocycles. The average molecular weight is 296 g/mol. The maximum absolute atomic E-state index is 12.3. The van der Waals surface area contributed by atoms with E-state index in [4.69, 9.17) is 4.74 Å². The Kier molecular flexibility index (Phi) is 5.31. The molecule has 4 heteroatoms. The van der Waals surface area contributed by atoms with Crippen molar-refractivity contribution in [3.63, 3.8) is 0 Å². The maximum Gasteiger partial charge on any atom is 0.307 e. The first-order chi connectivity index (χ1) is 9.91. The Morgan fingerprint density at radius 2 is 1.71 bits per heavy atom. The summed E-state index contributed by atoms with van der Waals surface area (Å²) in [5, 5.41) is 0. The van der Waals surface area contributed by atoms with E-state index in [1.54, 1.807) is 0 Å². The fourth-order valence-corrected chi connectivity index (χ4v) is 4.27. The Hall–Kier alpha value is -0.610. The van der Waals surface area contributed by atoms with Gasteiger partial charge in [0.05, 0.1) is 13.0 Å². The summed E-state index contributed by atoms with van der Waals surface area (Å²) in [6, 6.07) is 0. The van der Waals surface area contributed by atoms with Crippen molar-refractivity contribution >= 4 is 5.97 Å². The molecule has 21 heavy (non-hydrogen) atoms. The molecule has 1 aliphatic heterocycles. The average Bonchev–Trinajstić information content (AvgIpc) is 2.42. The minimum Gasteiger partial charge on any atom is -0.466 e. The molecule has 0 spiro atoms. The van der Waals surface area contributed by atoms with Crippen molar-refractivity contribution in [1.29, 1.82) is 0 Å². The van der Waals surface area contributed by atoms with E-state index < -0.39 is 0 Å². The van der Waals surface area contributed by atoms with Crippen molar-refractivity contribution in [2.24, 2.45) is 5.41 Å². The van der Waals surface area contributed by atoms with Crippen LogP contribution in [0, 0.1) is 5.41 Å². The van der Waals surface area contributed by atoms with E-state index in [0.717, 1.165) is 32.6 Å². The quantitative estimate of drug-likeness (QED) is 0.746. The molecule has 0 aromatic carbocycles. The molecule has 2 fully saturated rings. The van der Waals surface area contributed by atoms with Crippen LogP contribution in [0.1, 0.15) is 52.9 Å². The first kappa shape index (κ1) is 16.8. The molecule has 4 nitrogen and oxygen atoms in total. The summed E-state index contributed by atoms with van der Waals surface area (Å²) in [6.07, 6.45) is 5.40. The molecular formula is C17H32N2O2. The van der Waals surface area contributed by atoms with Gasteiger partial charge in [0.1, 0.15) is 0 Å². The summed E-state index contributed by atoms with van der Waals surface area (Å²) >= 11 is 0. The number of likely N-dealkylation sites (N-methyl/N-ethyl adjacent to an activating group) is 1. The number of ether oxygens (including phenoxy) is 1. The molecule has 1 saturated heterocycles. The van der Waals surface area contributed by atoms with Crippen molar-refractivity contribution in [3.05, 3.63) is 0 Å². The summed E-state index contributed by atoms with van der Waals surface area (Å²) in [4.78, 5) is 17.2. The van der Waals surface area contributed by atoms with Gasteiger partial charge in [-0.2, -0.15) is 0 Å². The smallest absolute Gasteiger partial charge is 0.307 e. The van der Waals surface area contributed by atoms with Crippen LogP contribution >= 0.6 is 0 Å². The predicted octanol–water partition coefficient (Wildman–Crippen LogP) is 2.53. The summed E-state index contributed by atoms with van der Waals surface area (Å²) in [7, 11) is 2.18. The Morgan fingerprint density at radius 1 is 1.10 bits per heavy atom. The summed E-state index contributed by atoms with van der Waals surface area (Å²) in [6.45, 7) is 11.4. The molecule has 0 radical (unpaired) electrons. The van der Waals surface area contributed by atoms with Crippen LogP contribution in [0.15, 0.2) is 0 Å². The molecule has 2 rings (SSSR count). The zero-order chi connectivity index (χ0) is 15.5. The number of hydrogen-bond acceptors (Lipinski definition) is 4. The Balaban J connectivity index is 2.22. The van der Waals surface area contributed by atoms with E-state index in [1.165, 1.54) is 19.3 Å². The van der Waals surface area contributed by atoms with Gasteiger partial charge in [-0.1, -0.05) is 26.7 Å². The lowest BCUT2D eigenvalue weighted by molar-refractivity contribution is -0.153. The molecule has 0 aromatic rings. The number of rotatable bonds is 4. The highest BCUT2D eigenvalue weighted by molar-refractivity contribution is 5.71. The van der Waals surface area contributed by atoms with Gasteiger partial charge in [-0.05, 0) is 32.2 Å². The topological polar surface area (TPSA) is 32.8 Å². The van der Waals surface area contributed by atoms with Gasteiger partial charge in [-0.3, -0.25) is 9.69 Å². The number of carbonyl (C=O) groups is 1. The minimum atomic E-state index is -0.0218. The number of piperazine rings is 1. The lowest BCUT2D eigenvalue weighted by Gasteiger charge is -2.57. The standard InChI is InChI=1S/C17H32N2O2/c1-5-21-15(20)14-17(9-7-6-8-16(17,2)3)19-12-10-18(4)11-13-19/h5-14H2,1-4H3. The summed E-state index contributed by atoms with van der Waals surface area (Å²) < 4.78 is 5.30. The van der Waals surface area contributed by atoms with E-state index in [0.29, 0.717) is 13.0 Å². The van der Waals surface area contributed by atoms with Crippen LogP contribution < -0.4 is 0 Å². The van der Waals surface area contributed by atoms with Gasteiger partial charge in [0, 0.05) is 31.7 Å². The van der Waals surface area contributed by atoms with E-state index in [1.807, 2.05) is 6.92 Å². The van der Waals surface area contributed by atoms with Crippen LogP contribution in [-0.4, -0.2) is 61.1 Å². The fourth-order valence-electron chi connectivity index (χ4n) is 4.27. The number of nitrogens with zero attached hydrogens (tertiary/aromatic N) is 2. The molecule has 0 aromatic heterocycles. The zero-order valence-corrected chi connectivity index (χ0v) is 14.3. The Bertz CT molecular complexity index is 362. The number of esters is 1. The SMILES string of the molecule is CCOC(=O)CC1(N2CCN(C)CC2)CCCCC1(C)C. The monoisotopic (exact) mass is 296 g/mol. The van der Waals surface area contributed by atoms with Gasteiger partial charge in [0.25, 0.3) is 0 Å². The number of carbonyl (C=O) groups excluding carboxylic acids is 1. The zero-order valence-electron chi connectivity index (χ0n) is 14.3. The van der Waals surface area contributed by atoms with E-state index in [2.05, 4.69) is 30.7 Å². The van der Waals surface area contributed by atoms with Crippen LogP contribution in [0.25, 0.3) is 0 Å². The van der Waals surface area contributed by atoms with Crippen LogP contribution in [0.4, 0.5) is 0 Å². The van der Waals surface area contributed by atoms with Crippen molar-refractivity contribution in [2.45, 2.75) is 58.4 Å². The molecule has 2 aliphatic rings. The van der Waals surface area contributed by atoms with Gasteiger partial charge in [0.15, 0.2) is 0 Å². The number of hydrogen-bond donors (Lipinski definition) is 0. The van der Waals surface area contributed by atoms with Crippen molar-refractivity contribution in [3.8, 4) is 0 Å². The maximum atomic E-state index is 12.3. The first-order valence-electron chi connectivity index (χ1n) is 8.50. The van der Waals surface area contributed by atoms with Crippen LogP contribution in [0.2, 0.25) is 0 Å². The van der Waals surface area contributed by atoms with Gasteiger partial charge in [-0.15, -0.1) is 0 Å². The lowest BCUT2D eigenvalue weighted by Crippen LogP contribution is -2.64. The molecular weight excluding hydrogens is 264 g/mol. The minimum absolute atomic E-state index is 0.0151. The predicted molar refractivity (Wildman–Crippen MR) is 85.3 cm³/mol. The summed E-state index contributed by atoms with van der Waals surface area (Å²) in [5.41, 5.74) is 0.159. The first-order valence-corrected chi connectivity index (χ1v) is 8.50. The van der Waals surface area contributed by atoms with Crippen LogP contribution in [-0.2, 0) is 9.53 Å². The van der Waals surface area contributed by atoms with Crippen LogP contribution in [0.5, 0.6) is 0 Å². The fraction of sp³-hybridized carbons (Fsp3) is 0.941. The lowest BCUT2D eigenvalue weighted by atomic mass is 9.60. The second kappa shape index (κ2) is 6.66. The highest BCUT2D eigenvalue weighted by Crippen LogP contribution is 2.50. The summed E-state index contributed by atoms with van der Waals surface area (Å²) in [5.74, 6) is -0.0218. The molecule has 0 amide bonds. The Labute approximate surface area is 129 Å². The molecule has 1 aliphatic carbocycles. The Morgan fingerprint density at radius 3 is 2.29 bits per heavy atom. The van der Waals surface area contributed by atoms with Crippen molar-refractivity contribution in [2.75, 3.05) is 39.8 Å². The normalized spacial score (nSPS) is 31.0. The van der Waals surface area contributed by atoms with Crippen molar-refractivity contribution < 1.29 is 9.53 Å². The molecule has 1 unspecified atom stereocenters. The van der Waals surface area contributed by atoms with Gasteiger partial charge < -0.3 is 9.64 Å². The second-order valence-corrected chi connectivity index (χ2v) is 7.39. The third-order valence-corrected chi connectivity index (χ3v) is 5.75. The van der Waals surface area contributed by atoms with Crippen LogP contribution in [0.3, 0.4) is 0 Å². The van der Waals surface area contributed by atoms with Crippen molar-refractivity contribution in [1.82, 2.24) is 9.80 Å². The molecule has 1 atom stereocenters. The van der Waals surface area contributed by atoms with Gasteiger partial charge in [-0.25, -0.2) is 0 Å². The largest absolute Gasteiger partial charge is 0.466 e. The molecule has 122 valence electrons.